The number of quaternary nitrogens is 1. The first-order chi connectivity index (χ1) is 5.99. The molecule has 0 rings (SSSR count). The molecule has 0 saturated heterocycles. The molecule has 0 spiro atoms. The van der Waals surface area contributed by atoms with Crippen molar-refractivity contribution in [2.24, 2.45) is 5.92 Å². The van der Waals surface area contributed by atoms with E-state index in [1.165, 1.54) is 30.3 Å². The van der Waals surface area contributed by atoms with Gasteiger partial charge in [-0.1, -0.05) is 27.7 Å². The van der Waals surface area contributed by atoms with Crippen LogP contribution in [-0.4, -0.2) is 31.2 Å². The van der Waals surface area contributed by atoms with E-state index >= 15 is 0 Å². The smallest absolute Gasteiger partial charge is 0.0909 e. The number of rotatable bonds is 6. The van der Waals surface area contributed by atoms with E-state index in [1.54, 1.807) is 0 Å². The molecular formula is C12H28N+. The van der Waals surface area contributed by atoms with Crippen molar-refractivity contribution in [1.29, 1.82) is 0 Å². The van der Waals surface area contributed by atoms with Gasteiger partial charge in [-0.2, -0.15) is 0 Å². The van der Waals surface area contributed by atoms with Crippen LogP contribution in [0.4, 0.5) is 0 Å². The van der Waals surface area contributed by atoms with Crippen LogP contribution in [0.2, 0.25) is 0 Å². The lowest BCUT2D eigenvalue weighted by Crippen LogP contribution is -2.51. The van der Waals surface area contributed by atoms with Crippen molar-refractivity contribution in [3.05, 3.63) is 0 Å². The highest BCUT2D eigenvalue weighted by molar-refractivity contribution is 4.63. The van der Waals surface area contributed by atoms with E-state index in [-0.39, 0.29) is 0 Å². The van der Waals surface area contributed by atoms with Crippen LogP contribution in [-0.2, 0) is 0 Å². The molecule has 2 atom stereocenters. The third-order valence-electron chi connectivity index (χ3n) is 3.42. The Labute approximate surface area is 84.7 Å². The zero-order valence-electron chi connectivity index (χ0n) is 10.4. The molecule has 80 valence electrons. The predicted octanol–water partition coefficient (Wildman–Crippen LogP) is 3.30. The third-order valence-corrected chi connectivity index (χ3v) is 3.42. The van der Waals surface area contributed by atoms with Crippen molar-refractivity contribution in [3.8, 4) is 0 Å². The lowest BCUT2D eigenvalue weighted by Gasteiger charge is -2.40. The Morgan fingerprint density at radius 3 is 1.85 bits per heavy atom. The van der Waals surface area contributed by atoms with Gasteiger partial charge < -0.3 is 4.48 Å². The first-order valence-electron chi connectivity index (χ1n) is 5.82. The number of nitrogens with zero attached hydrogens (tertiary/aromatic N) is 1. The Kier molecular flexibility index (Phi) is 5.62. The van der Waals surface area contributed by atoms with E-state index in [2.05, 4.69) is 41.8 Å². The SMILES string of the molecule is CCC[N+](C)(C)C(CC)C(C)CC. The molecule has 0 aliphatic carbocycles. The summed E-state index contributed by atoms with van der Waals surface area (Å²) in [6.07, 6.45) is 3.91. The van der Waals surface area contributed by atoms with Gasteiger partial charge in [0.25, 0.3) is 0 Å². The quantitative estimate of drug-likeness (QED) is 0.558. The predicted molar refractivity (Wildman–Crippen MR) is 60.8 cm³/mol. The van der Waals surface area contributed by atoms with Crippen molar-refractivity contribution >= 4 is 0 Å². The Morgan fingerprint density at radius 1 is 1.00 bits per heavy atom. The average Bonchev–Trinajstić information content (AvgIpc) is 2.04. The molecule has 0 aromatic rings. The summed E-state index contributed by atoms with van der Waals surface area (Å²) in [6, 6.07) is 0.838. The average molecular weight is 186 g/mol. The molecule has 13 heavy (non-hydrogen) atoms. The maximum absolute atomic E-state index is 2.39. The molecule has 0 aromatic carbocycles. The standard InChI is InChI=1S/C12H28N/c1-7-10-13(5,6)12(9-3)11(4)8-2/h11-12H,7-10H2,1-6H3/q+1. The van der Waals surface area contributed by atoms with Gasteiger partial charge in [-0.25, -0.2) is 0 Å². The topological polar surface area (TPSA) is 0 Å². The summed E-state index contributed by atoms with van der Waals surface area (Å²) < 4.78 is 1.20. The number of hydrogen-bond acceptors (Lipinski definition) is 0. The molecule has 0 bridgehead atoms. The Morgan fingerprint density at radius 2 is 1.54 bits per heavy atom. The molecule has 1 nitrogen and oxygen atoms in total. The molecule has 2 unspecified atom stereocenters. The van der Waals surface area contributed by atoms with Crippen LogP contribution in [0.25, 0.3) is 0 Å². The maximum atomic E-state index is 2.39. The van der Waals surface area contributed by atoms with E-state index in [1.807, 2.05) is 0 Å². The van der Waals surface area contributed by atoms with Gasteiger partial charge in [0, 0.05) is 5.92 Å². The van der Waals surface area contributed by atoms with Crippen LogP contribution in [0, 0.1) is 5.92 Å². The van der Waals surface area contributed by atoms with Crippen LogP contribution >= 0.6 is 0 Å². The molecule has 0 radical (unpaired) electrons. The van der Waals surface area contributed by atoms with E-state index in [4.69, 9.17) is 0 Å². The van der Waals surface area contributed by atoms with E-state index < -0.39 is 0 Å². The lowest BCUT2D eigenvalue weighted by molar-refractivity contribution is -0.919. The summed E-state index contributed by atoms with van der Waals surface area (Å²) in [7, 11) is 4.76. The summed E-state index contributed by atoms with van der Waals surface area (Å²) in [5.41, 5.74) is 0. The normalized spacial score (nSPS) is 17.1. The van der Waals surface area contributed by atoms with Crippen LogP contribution < -0.4 is 0 Å². The molecule has 0 aliphatic rings. The molecule has 0 heterocycles. The molecule has 0 aromatic heterocycles. The van der Waals surface area contributed by atoms with Gasteiger partial charge in [0.15, 0.2) is 0 Å². The van der Waals surface area contributed by atoms with Gasteiger partial charge in [0.05, 0.1) is 26.7 Å². The highest BCUT2D eigenvalue weighted by Crippen LogP contribution is 2.22. The monoisotopic (exact) mass is 186 g/mol. The second-order valence-corrected chi connectivity index (χ2v) is 4.86. The molecule has 0 fully saturated rings. The minimum Gasteiger partial charge on any atom is -0.326 e. The summed E-state index contributed by atoms with van der Waals surface area (Å²) in [4.78, 5) is 0. The summed E-state index contributed by atoms with van der Waals surface area (Å²) >= 11 is 0. The minimum atomic E-state index is 0.838. The molecule has 0 N–H and O–H groups in total. The Balaban J connectivity index is 4.35. The fourth-order valence-electron chi connectivity index (χ4n) is 2.60. The van der Waals surface area contributed by atoms with Crippen LogP contribution in [0.3, 0.4) is 0 Å². The second-order valence-electron chi connectivity index (χ2n) is 4.86. The highest BCUT2D eigenvalue weighted by atomic mass is 15.3. The minimum absolute atomic E-state index is 0.838. The second kappa shape index (κ2) is 5.64. The number of hydrogen-bond donors (Lipinski definition) is 0. The summed E-state index contributed by atoms with van der Waals surface area (Å²) in [5.74, 6) is 0.853. The van der Waals surface area contributed by atoms with Gasteiger partial charge in [-0.15, -0.1) is 0 Å². The van der Waals surface area contributed by atoms with Crippen molar-refractivity contribution < 1.29 is 4.48 Å². The maximum Gasteiger partial charge on any atom is 0.0909 e. The summed E-state index contributed by atoms with van der Waals surface area (Å²) in [6.45, 7) is 10.6. The van der Waals surface area contributed by atoms with Gasteiger partial charge in [0.2, 0.25) is 0 Å². The van der Waals surface area contributed by atoms with Gasteiger partial charge in [-0.05, 0) is 19.3 Å². The van der Waals surface area contributed by atoms with Gasteiger partial charge in [0.1, 0.15) is 0 Å². The largest absolute Gasteiger partial charge is 0.326 e. The zero-order chi connectivity index (χ0) is 10.5. The highest BCUT2D eigenvalue weighted by Gasteiger charge is 2.29. The van der Waals surface area contributed by atoms with E-state index in [9.17, 15) is 0 Å². The molecule has 0 saturated carbocycles. The third kappa shape index (κ3) is 3.68. The van der Waals surface area contributed by atoms with Crippen molar-refractivity contribution in [3.63, 3.8) is 0 Å². The fraction of sp³-hybridized carbons (Fsp3) is 1.00. The zero-order valence-corrected chi connectivity index (χ0v) is 10.4. The fourth-order valence-corrected chi connectivity index (χ4v) is 2.60. The molecule has 0 aliphatic heterocycles. The van der Waals surface area contributed by atoms with Crippen LogP contribution in [0.15, 0.2) is 0 Å². The van der Waals surface area contributed by atoms with Gasteiger partial charge >= 0.3 is 0 Å². The van der Waals surface area contributed by atoms with Crippen LogP contribution in [0.1, 0.15) is 47.0 Å². The van der Waals surface area contributed by atoms with E-state index in [0.29, 0.717) is 0 Å². The molecular weight excluding hydrogens is 158 g/mol. The first kappa shape index (κ1) is 13.0. The Bertz CT molecular complexity index is 129. The van der Waals surface area contributed by atoms with Gasteiger partial charge in [-0.3, -0.25) is 0 Å². The summed E-state index contributed by atoms with van der Waals surface area (Å²) in [5, 5.41) is 0. The molecule has 0 amide bonds. The van der Waals surface area contributed by atoms with Crippen molar-refractivity contribution in [2.45, 2.75) is 53.0 Å². The molecule has 1 heteroatoms. The lowest BCUT2D eigenvalue weighted by atomic mass is 9.94. The van der Waals surface area contributed by atoms with Crippen LogP contribution in [0.5, 0.6) is 0 Å². The first-order valence-corrected chi connectivity index (χ1v) is 5.82. The van der Waals surface area contributed by atoms with Crippen molar-refractivity contribution in [1.82, 2.24) is 0 Å². The van der Waals surface area contributed by atoms with E-state index in [0.717, 1.165) is 12.0 Å². The van der Waals surface area contributed by atoms with Crippen molar-refractivity contribution in [2.75, 3.05) is 20.6 Å². The Hall–Kier alpha value is -0.0400.